The summed E-state index contributed by atoms with van der Waals surface area (Å²) in [5.41, 5.74) is 2.58. The number of alkyl halides is 3. The van der Waals surface area contributed by atoms with Gasteiger partial charge in [-0.2, -0.15) is 5.10 Å². The van der Waals surface area contributed by atoms with Crippen molar-refractivity contribution in [2.24, 2.45) is 0 Å². The summed E-state index contributed by atoms with van der Waals surface area (Å²) in [6.45, 7) is -0.687. The molecule has 2 aromatic heterocycles. The Hall–Kier alpha value is -3.49. The molecular formula is C20H17F3N4O2. The summed E-state index contributed by atoms with van der Waals surface area (Å²) < 4.78 is 43.7. The number of nitrogens with one attached hydrogen (secondary N) is 3. The average molecular weight is 402 g/mol. The Bertz CT molecular complexity index is 1170. The number of benzene rings is 2. The van der Waals surface area contributed by atoms with Gasteiger partial charge in [0.05, 0.1) is 17.8 Å². The molecule has 9 heteroatoms. The number of aromatic amines is 2. The van der Waals surface area contributed by atoms with E-state index in [1.165, 1.54) is 12.1 Å². The number of H-pyrrole nitrogens is 2. The van der Waals surface area contributed by atoms with Gasteiger partial charge in [-0.15, -0.1) is 0 Å². The van der Waals surface area contributed by atoms with Gasteiger partial charge in [-0.1, -0.05) is 18.2 Å². The fraction of sp³-hybridized carbons (Fsp3) is 0.200. The number of hydrogen-bond acceptors (Lipinski definition) is 3. The molecular weight excluding hydrogens is 385 g/mol. The molecule has 0 aliphatic heterocycles. The molecule has 0 saturated heterocycles. The molecule has 0 bridgehead atoms. The van der Waals surface area contributed by atoms with E-state index in [2.05, 4.69) is 20.5 Å². The molecule has 0 radical (unpaired) electrons. The first kappa shape index (κ1) is 18.9. The van der Waals surface area contributed by atoms with Crippen molar-refractivity contribution in [3.8, 4) is 17.1 Å². The van der Waals surface area contributed by atoms with E-state index in [1.807, 2.05) is 18.2 Å². The van der Waals surface area contributed by atoms with E-state index in [1.54, 1.807) is 12.1 Å². The van der Waals surface area contributed by atoms with Crippen molar-refractivity contribution < 1.29 is 22.7 Å². The molecule has 0 saturated carbocycles. The molecule has 0 aliphatic rings. The van der Waals surface area contributed by atoms with Crippen LogP contribution in [-0.4, -0.2) is 40.9 Å². The van der Waals surface area contributed by atoms with Gasteiger partial charge in [0.2, 0.25) is 0 Å². The second kappa shape index (κ2) is 7.86. The Morgan fingerprint density at radius 1 is 1.14 bits per heavy atom. The third-order valence-electron chi connectivity index (χ3n) is 4.52. The van der Waals surface area contributed by atoms with E-state index in [0.29, 0.717) is 22.7 Å². The summed E-state index contributed by atoms with van der Waals surface area (Å²) >= 11 is 0. The van der Waals surface area contributed by atoms with Gasteiger partial charge in [-0.25, -0.2) is 13.2 Å². The van der Waals surface area contributed by atoms with Crippen molar-refractivity contribution in [1.82, 2.24) is 20.5 Å². The van der Waals surface area contributed by atoms with Crippen LogP contribution in [0, 0.1) is 0 Å². The maximum absolute atomic E-state index is 12.9. The molecule has 4 aromatic rings. The smallest absolute Gasteiger partial charge is 0.263 e. The number of ether oxygens (including phenoxy) is 1. The maximum atomic E-state index is 12.9. The highest BCUT2D eigenvalue weighted by Crippen LogP contribution is 2.33. The van der Waals surface area contributed by atoms with E-state index in [9.17, 15) is 18.0 Å². The summed E-state index contributed by atoms with van der Waals surface area (Å²) in [6, 6.07) is 11.7. The molecule has 6 nitrogen and oxygen atoms in total. The highest BCUT2D eigenvalue weighted by Gasteiger charge is 2.15. The normalized spacial score (nSPS) is 11.4. The van der Waals surface area contributed by atoms with Crippen molar-refractivity contribution in [3.63, 3.8) is 0 Å². The van der Waals surface area contributed by atoms with Gasteiger partial charge in [0.25, 0.3) is 12.3 Å². The fourth-order valence-electron chi connectivity index (χ4n) is 3.16. The summed E-state index contributed by atoms with van der Waals surface area (Å²) in [4.78, 5) is 14.2. The molecule has 0 aliphatic carbocycles. The highest BCUT2D eigenvalue weighted by molar-refractivity contribution is 5.97. The number of carbonyl (C=O) groups is 1. The lowest BCUT2D eigenvalue weighted by Gasteiger charge is -2.07. The minimum Gasteiger partial charge on any atom is -0.491 e. The molecule has 2 aromatic carbocycles. The van der Waals surface area contributed by atoms with E-state index >= 15 is 0 Å². The number of nitrogens with zero attached hydrogens (tertiary/aromatic N) is 1. The van der Waals surface area contributed by atoms with E-state index in [0.717, 1.165) is 16.3 Å². The second-order valence-electron chi connectivity index (χ2n) is 6.41. The van der Waals surface area contributed by atoms with Crippen LogP contribution in [0.3, 0.4) is 0 Å². The van der Waals surface area contributed by atoms with Gasteiger partial charge < -0.3 is 15.0 Å². The fourth-order valence-corrected chi connectivity index (χ4v) is 3.16. The zero-order valence-electron chi connectivity index (χ0n) is 15.1. The first-order valence-corrected chi connectivity index (χ1v) is 8.90. The first-order valence-electron chi connectivity index (χ1n) is 8.90. The van der Waals surface area contributed by atoms with Crippen LogP contribution in [0.2, 0.25) is 0 Å². The van der Waals surface area contributed by atoms with E-state index in [-0.39, 0.29) is 18.7 Å². The molecule has 0 atom stereocenters. The van der Waals surface area contributed by atoms with Gasteiger partial charge in [0.15, 0.2) is 6.67 Å². The average Bonchev–Trinajstić information content (AvgIpc) is 3.34. The number of rotatable bonds is 7. The number of carbonyl (C=O) groups excluding carboxylic acids is 1. The number of amides is 1. The molecule has 0 unspecified atom stereocenters. The van der Waals surface area contributed by atoms with Gasteiger partial charge in [0.1, 0.15) is 18.1 Å². The predicted molar refractivity (Wildman–Crippen MR) is 103 cm³/mol. The summed E-state index contributed by atoms with van der Waals surface area (Å²) in [6.07, 6.45) is -2.55. The number of hydrogen-bond donors (Lipinski definition) is 3. The zero-order chi connectivity index (χ0) is 20.4. The lowest BCUT2D eigenvalue weighted by molar-refractivity contribution is -0.122. The van der Waals surface area contributed by atoms with Crippen LogP contribution < -0.4 is 10.1 Å². The third-order valence-corrected chi connectivity index (χ3v) is 4.52. The SMILES string of the molecule is O=C(CF)NCCOc1cccc2[nH]c(-c3n[nH]c4cc(C(F)F)ccc34)cc12. The Morgan fingerprint density at radius 2 is 2.00 bits per heavy atom. The summed E-state index contributed by atoms with van der Waals surface area (Å²) in [5.74, 6) is -0.0875. The van der Waals surface area contributed by atoms with Crippen LogP contribution in [0.4, 0.5) is 13.2 Å². The number of halogens is 3. The lowest BCUT2D eigenvalue weighted by atomic mass is 10.1. The Kier molecular flexibility index (Phi) is 5.11. The third kappa shape index (κ3) is 3.75. The zero-order valence-corrected chi connectivity index (χ0v) is 15.1. The van der Waals surface area contributed by atoms with Gasteiger partial charge in [0, 0.05) is 21.9 Å². The molecule has 3 N–H and O–H groups in total. The van der Waals surface area contributed by atoms with E-state index < -0.39 is 19.0 Å². The largest absolute Gasteiger partial charge is 0.491 e. The van der Waals surface area contributed by atoms with Crippen molar-refractivity contribution in [2.45, 2.75) is 6.43 Å². The molecule has 4 rings (SSSR count). The van der Waals surface area contributed by atoms with Crippen LogP contribution in [0.15, 0.2) is 42.5 Å². The molecule has 0 fully saturated rings. The Balaban J connectivity index is 1.61. The van der Waals surface area contributed by atoms with Gasteiger partial charge in [-0.05, 0) is 24.3 Å². The van der Waals surface area contributed by atoms with Crippen LogP contribution >= 0.6 is 0 Å². The highest BCUT2D eigenvalue weighted by atomic mass is 19.3. The number of fused-ring (bicyclic) bond motifs is 2. The lowest BCUT2D eigenvalue weighted by Crippen LogP contribution is -2.29. The maximum Gasteiger partial charge on any atom is 0.263 e. The predicted octanol–water partition coefficient (Wildman–Crippen LogP) is 4.11. The van der Waals surface area contributed by atoms with Crippen LogP contribution in [0.25, 0.3) is 33.2 Å². The van der Waals surface area contributed by atoms with Crippen molar-refractivity contribution >= 4 is 27.7 Å². The van der Waals surface area contributed by atoms with Crippen molar-refractivity contribution in [2.75, 3.05) is 19.8 Å². The van der Waals surface area contributed by atoms with Crippen LogP contribution in [0.5, 0.6) is 5.75 Å². The van der Waals surface area contributed by atoms with Crippen LogP contribution in [-0.2, 0) is 4.79 Å². The molecule has 0 spiro atoms. The monoisotopic (exact) mass is 402 g/mol. The molecule has 1 amide bonds. The van der Waals surface area contributed by atoms with Crippen molar-refractivity contribution in [1.29, 1.82) is 0 Å². The minimum absolute atomic E-state index is 0.0696. The Morgan fingerprint density at radius 3 is 2.79 bits per heavy atom. The first-order chi connectivity index (χ1) is 14.1. The molecule has 29 heavy (non-hydrogen) atoms. The number of aromatic nitrogens is 3. The van der Waals surface area contributed by atoms with Crippen molar-refractivity contribution in [3.05, 3.63) is 48.0 Å². The summed E-state index contributed by atoms with van der Waals surface area (Å²) in [5, 5.41) is 11.0. The standard InChI is InChI=1S/C20H17F3N4O2/c21-10-18(28)24-6-7-29-17-3-1-2-14-13(17)9-16(25-14)19-12-5-4-11(20(22)23)8-15(12)26-27-19/h1-5,8-9,20,25H,6-7,10H2,(H,24,28)(H,26,27). The van der Waals surface area contributed by atoms with Gasteiger partial charge in [-0.3, -0.25) is 9.89 Å². The Labute approximate surface area is 163 Å². The van der Waals surface area contributed by atoms with Crippen LogP contribution in [0.1, 0.15) is 12.0 Å². The molecule has 150 valence electrons. The summed E-state index contributed by atoms with van der Waals surface area (Å²) in [7, 11) is 0. The van der Waals surface area contributed by atoms with Gasteiger partial charge >= 0.3 is 0 Å². The van der Waals surface area contributed by atoms with E-state index in [4.69, 9.17) is 4.74 Å². The second-order valence-corrected chi connectivity index (χ2v) is 6.41. The molecule has 2 heterocycles. The minimum atomic E-state index is -2.55. The topological polar surface area (TPSA) is 82.8 Å². The quantitative estimate of drug-likeness (QED) is 0.407.